The van der Waals surface area contributed by atoms with Crippen molar-refractivity contribution >= 4 is 11.0 Å². The number of hydrogen-bond acceptors (Lipinski definition) is 2. The Hall–Kier alpha value is -3.66. The Morgan fingerprint density at radius 3 is 2.31 bits per heavy atom. The summed E-state index contributed by atoms with van der Waals surface area (Å²) in [6, 6.07) is 26.9. The highest BCUT2D eigenvalue weighted by Crippen LogP contribution is 2.31. The van der Waals surface area contributed by atoms with Gasteiger partial charge in [0.2, 0.25) is 0 Å². The van der Waals surface area contributed by atoms with Crippen molar-refractivity contribution in [2.45, 2.75) is 19.8 Å². The summed E-state index contributed by atoms with van der Waals surface area (Å²) in [6.07, 6.45) is 2.06. The van der Waals surface area contributed by atoms with E-state index in [0.717, 1.165) is 39.4 Å². The van der Waals surface area contributed by atoms with E-state index in [1.807, 2.05) is 47.1 Å². The fourth-order valence-corrected chi connectivity index (χ4v) is 3.58. The summed E-state index contributed by atoms with van der Waals surface area (Å²) >= 11 is 0. The molecular formula is C25H24N4. The fourth-order valence-electron chi connectivity index (χ4n) is 3.58. The van der Waals surface area contributed by atoms with Gasteiger partial charge in [0.15, 0.2) is 0 Å². The second-order valence-electron chi connectivity index (χ2n) is 7.55. The third kappa shape index (κ3) is 3.23. The Labute approximate surface area is 171 Å². The first-order valence-corrected chi connectivity index (χ1v) is 9.89. The largest absolute Gasteiger partial charge is 0.338 e. The van der Waals surface area contributed by atoms with Gasteiger partial charge in [0, 0.05) is 13.2 Å². The highest BCUT2D eigenvalue weighted by Gasteiger charge is 2.17. The van der Waals surface area contributed by atoms with E-state index < -0.39 is 0 Å². The Balaban J connectivity index is 0.00000218. The lowest BCUT2D eigenvalue weighted by Gasteiger charge is -2.06. The quantitative estimate of drug-likeness (QED) is 0.389. The molecule has 0 fully saturated rings. The molecule has 0 saturated heterocycles. The molecule has 0 unspecified atom stereocenters. The van der Waals surface area contributed by atoms with E-state index in [9.17, 15) is 0 Å². The minimum atomic E-state index is 0. The van der Waals surface area contributed by atoms with E-state index in [0.29, 0.717) is 5.92 Å². The number of nitrogens with one attached hydrogen (secondary N) is 1. The van der Waals surface area contributed by atoms with E-state index in [2.05, 4.69) is 61.4 Å². The highest BCUT2D eigenvalue weighted by molar-refractivity contribution is 5.84. The van der Waals surface area contributed by atoms with Crippen LogP contribution in [0.3, 0.4) is 0 Å². The van der Waals surface area contributed by atoms with Gasteiger partial charge in [0.25, 0.3) is 0 Å². The van der Waals surface area contributed by atoms with Crippen molar-refractivity contribution in [3.8, 4) is 28.3 Å². The molecule has 0 amide bonds. The summed E-state index contributed by atoms with van der Waals surface area (Å²) in [5, 5.41) is 4.93. The molecule has 4 heteroatoms. The molecule has 0 aliphatic heterocycles. The van der Waals surface area contributed by atoms with Gasteiger partial charge in [-0.15, -0.1) is 0 Å². The van der Waals surface area contributed by atoms with Gasteiger partial charge < -0.3 is 4.98 Å². The number of benzene rings is 3. The van der Waals surface area contributed by atoms with E-state index in [1.54, 1.807) is 0 Å². The Morgan fingerprint density at radius 2 is 1.59 bits per heavy atom. The van der Waals surface area contributed by atoms with Crippen molar-refractivity contribution in [1.29, 1.82) is 0 Å². The van der Waals surface area contributed by atoms with Crippen LogP contribution in [0.15, 0.2) is 85.1 Å². The van der Waals surface area contributed by atoms with Crippen LogP contribution in [0.4, 0.5) is 0 Å². The Morgan fingerprint density at radius 1 is 0.862 bits per heavy atom. The number of hydrogen-bond donors (Lipinski definition) is 1. The lowest BCUT2D eigenvalue weighted by Crippen LogP contribution is -1.96. The van der Waals surface area contributed by atoms with Crippen LogP contribution in [0.1, 0.15) is 26.8 Å². The van der Waals surface area contributed by atoms with Gasteiger partial charge in [-0.1, -0.05) is 68.4 Å². The summed E-state index contributed by atoms with van der Waals surface area (Å²) in [7, 11) is 0. The topological polar surface area (TPSA) is 46.5 Å². The lowest BCUT2D eigenvalue weighted by molar-refractivity contribution is 0.855. The smallest absolute Gasteiger partial charge is 0.142 e. The molecule has 0 aliphatic rings. The molecule has 5 rings (SSSR count). The first-order chi connectivity index (χ1) is 14.2. The predicted octanol–water partition coefficient (Wildman–Crippen LogP) is 6.45. The minimum absolute atomic E-state index is 0. The van der Waals surface area contributed by atoms with Crippen LogP contribution < -0.4 is 0 Å². The average molecular weight is 380 g/mol. The van der Waals surface area contributed by atoms with Crippen molar-refractivity contribution in [2.24, 2.45) is 0 Å². The average Bonchev–Trinajstić information content (AvgIpc) is 3.39. The molecule has 5 aromatic rings. The van der Waals surface area contributed by atoms with Gasteiger partial charge in [0.05, 0.1) is 22.3 Å². The molecule has 2 heterocycles. The van der Waals surface area contributed by atoms with Crippen LogP contribution in [0.25, 0.3) is 39.4 Å². The standard InChI is InChI=1S/C25H22N4.H2/c1-17(2)18-12-14-20(15-13-18)29-16-21(24(28-29)19-8-4-3-5-9-19)25-26-22-10-6-7-11-23(22)27-25;/h3-17H,1-2H3,(H,26,27);1H. The third-order valence-corrected chi connectivity index (χ3v) is 5.23. The van der Waals surface area contributed by atoms with Gasteiger partial charge in [0.1, 0.15) is 11.5 Å². The van der Waals surface area contributed by atoms with Crippen LogP contribution in [0.5, 0.6) is 0 Å². The maximum Gasteiger partial charge on any atom is 0.142 e. The van der Waals surface area contributed by atoms with Gasteiger partial charge in [-0.3, -0.25) is 0 Å². The number of imidazole rings is 1. The molecule has 0 saturated carbocycles. The summed E-state index contributed by atoms with van der Waals surface area (Å²) in [5.41, 5.74) is 7.31. The van der Waals surface area contributed by atoms with Crippen molar-refractivity contribution in [1.82, 2.24) is 19.7 Å². The lowest BCUT2D eigenvalue weighted by atomic mass is 10.0. The molecular weight excluding hydrogens is 356 g/mol. The minimum Gasteiger partial charge on any atom is -0.338 e. The van der Waals surface area contributed by atoms with E-state index in [4.69, 9.17) is 10.1 Å². The van der Waals surface area contributed by atoms with Crippen molar-refractivity contribution in [2.75, 3.05) is 0 Å². The summed E-state index contributed by atoms with van der Waals surface area (Å²) in [4.78, 5) is 8.25. The van der Waals surface area contributed by atoms with E-state index in [-0.39, 0.29) is 1.43 Å². The first-order valence-electron chi connectivity index (χ1n) is 9.89. The summed E-state index contributed by atoms with van der Waals surface area (Å²) in [6.45, 7) is 4.41. The molecule has 4 nitrogen and oxygen atoms in total. The number of fused-ring (bicyclic) bond motifs is 1. The predicted molar refractivity (Wildman–Crippen MR) is 120 cm³/mol. The van der Waals surface area contributed by atoms with E-state index >= 15 is 0 Å². The number of nitrogens with zero attached hydrogens (tertiary/aromatic N) is 3. The molecule has 2 aromatic heterocycles. The van der Waals surface area contributed by atoms with Crippen LogP contribution in [-0.4, -0.2) is 19.7 Å². The molecule has 0 aliphatic carbocycles. The fraction of sp³-hybridized carbons (Fsp3) is 0.120. The van der Waals surface area contributed by atoms with Crippen LogP contribution >= 0.6 is 0 Å². The number of aromatic nitrogens is 4. The van der Waals surface area contributed by atoms with Gasteiger partial charge >= 0.3 is 0 Å². The van der Waals surface area contributed by atoms with Gasteiger partial charge in [-0.25, -0.2) is 9.67 Å². The molecule has 29 heavy (non-hydrogen) atoms. The van der Waals surface area contributed by atoms with Gasteiger partial charge in [-0.05, 0) is 35.7 Å². The molecule has 0 bridgehead atoms. The monoisotopic (exact) mass is 380 g/mol. The molecule has 3 aromatic carbocycles. The summed E-state index contributed by atoms with van der Waals surface area (Å²) in [5.74, 6) is 1.34. The molecule has 0 radical (unpaired) electrons. The SMILES string of the molecule is CC(C)c1ccc(-n2cc(-c3nc4ccccc4[nH]3)c(-c3ccccc3)n2)cc1.[HH]. The zero-order chi connectivity index (χ0) is 19.8. The summed E-state index contributed by atoms with van der Waals surface area (Å²) < 4.78 is 1.94. The first kappa shape index (κ1) is 17.4. The van der Waals surface area contributed by atoms with Crippen LogP contribution in [0, 0.1) is 0 Å². The normalized spacial score (nSPS) is 11.4. The van der Waals surface area contributed by atoms with E-state index in [1.165, 1.54) is 5.56 Å². The third-order valence-electron chi connectivity index (χ3n) is 5.23. The van der Waals surface area contributed by atoms with Crippen molar-refractivity contribution < 1.29 is 1.43 Å². The van der Waals surface area contributed by atoms with Crippen molar-refractivity contribution in [3.05, 3.63) is 90.6 Å². The molecule has 0 atom stereocenters. The maximum atomic E-state index is 4.93. The number of para-hydroxylation sites is 2. The second-order valence-corrected chi connectivity index (χ2v) is 7.55. The van der Waals surface area contributed by atoms with Crippen LogP contribution in [0.2, 0.25) is 0 Å². The Kier molecular flexibility index (Phi) is 4.24. The number of aromatic amines is 1. The molecule has 1 N–H and O–H groups in total. The number of H-pyrrole nitrogens is 1. The zero-order valence-electron chi connectivity index (χ0n) is 16.5. The van der Waals surface area contributed by atoms with Crippen LogP contribution in [-0.2, 0) is 0 Å². The molecule has 0 spiro atoms. The van der Waals surface area contributed by atoms with Crippen molar-refractivity contribution in [3.63, 3.8) is 0 Å². The maximum absolute atomic E-state index is 4.93. The zero-order valence-corrected chi connectivity index (χ0v) is 16.5. The van der Waals surface area contributed by atoms with Gasteiger partial charge in [-0.2, -0.15) is 5.10 Å². The highest BCUT2D eigenvalue weighted by atomic mass is 15.3. The Bertz CT molecular complexity index is 1230. The second kappa shape index (κ2) is 7.06. The number of rotatable bonds is 4. The molecule has 144 valence electrons.